The van der Waals surface area contributed by atoms with Crippen molar-refractivity contribution in [2.45, 2.75) is 26.4 Å². The third-order valence-electron chi connectivity index (χ3n) is 2.84. The van der Waals surface area contributed by atoms with Crippen molar-refractivity contribution in [3.05, 3.63) is 60.7 Å². The molecule has 18 heavy (non-hydrogen) atoms. The smallest absolute Gasteiger partial charge is 0.0921 e. The summed E-state index contributed by atoms with van der Waals surface area (Å²) in [6.45, 7) is 4.30. The summed E-state index contributed by atoms with van der Waals surface area (Å²) < 4.78 is 6.24. The molecule has 0 fully saturated rings. The van der Waals surface area contributed by atoms with Crippen LogP contribution in [0.1, 0.15) is 20.3 Å². The van der Waals surface area contributed by atoms with E-state index in [-0.39, 0.29) is 6.10 Å². The first-order chi connectivity index (χ1) is 8.81. The molecule has 0 saturated heterocycles. The standard InChI is InChI=1S/C16H19OP/c1-3-14(2)17-18(15-10-6-4-7-11-15)16-12-8-5-9-13-16/h4-14H,3H2,1-2H3. The molecule has 0 spiro atoms. The minimum absolute atomic E-state index is 0.288. The molecule has 0 N–H and O–H groups in total. The molecule has 1 unspecified atom stereocenters. The molecule has 2 aromatic carbocycles. The highest BCUT2D eigenvalue weighted by Gasteiger charge is 2.16. The van der Waals surface area contributed by atoms with E-state index < -0.39 is 8.15 Å². The largest absolute Gasteiger partial charge is 0.347 e. The van der Waals surface area contributed by atoms with E-state index in [1.165, 1.54) is 10.6 Å². The van der Waals surface area contributed by atoms with Crippen molar-refractivity contribution in [1.82, 2.24) is 0 Å². The van der Waals surface area contributed by atoms with E-state index in [1.54, 1.807) is 0 Å². The fourth-order valence-electron chi connectivity index (χ4n) is 1.65. The van der Waals surface area contributed by atoms with E-state index >= 15 is 0 Å². The van der Waals surface area contributed by atoms with Crippen molar-refractivity contribution in [2.75, 3.05) is 0 Å². The van der Waals surface area contributed by atoms with Crippen LogP contribution < -0.4 is 10.6 Å². The summed E-state index contributed by atoms with van der Waals surface area (Å²) >= 11 is 0. The van der Waals surface area contributed by atoms with Crippen LogP contribution in [0, 0.1) is 0 Å². The van der Waals surface area contributed by atoms with Crippen LogP contribution in [0.15, 0.2) is 60.7 Å². The molecular formula is C16H19OP. The summed E-state index contributed by atoms with van der Waals surface area (Å²) in [5.41, 5.74) is 0. The van der Waals surface area contributed by atoms with Gasteiger partial charge in [-0.2, -0.15) is 0 Å². The van der Waals surface area contributed by atoms with Gasteiger partial charge >= 0.3 is 0 Å². The molecule has 94 valence electrons. The first-order valence-corrected chi connectivity index (χ1v) is 7.64. The minimum atomic E-state index is -0.696. The molecule has 2 aromatic rings. The molecule has 1 atom stereocenters. The van der Waals surface area contributed by atoms with Crippen molar-refractivity contribution < 1.29 is 4.52 Å². The highest BCUT2D eigenvalue weighted by molar-refractivity contribution is 7.68. The average molecular weight is 258 g/mol. The van der Waals surface area contributed by atoms with Gasteiger partial charge in [-0.25, -0.2) is 0 Å². The molecule has 0 bridgehead atoms. The van der Waals surface area contributed by atoms with Crippen molar-refractivity contribution in [3.8, 4) is 0 Å². The lowest BCUT2D eigenvalue weighted by Gasteiger charge is -2.22. The molecule has 0 aliphatic carbocycles. The van der Waals surface area contributed by atoms with E-state index in [4.69, 9.17) is 4.52 Å². The van der Waals surface area contributed by atoms with Gasteiger partial charge in [0.25, 0.3) is 0 Å². The van der Waals surface area contributed by atoms with Crippen molar-refractivity contribution in [2.24, 2.45) is 0 Å². The molecule has 0 aliphatic rings. The average Bonchev–Trinajstić information content (AvgIpc) is 2.46. The Morgan fingerprint density at radius 3 is 1.72 bits per heavy atom. The summed E-state index contributed by atoms with van der Waals surface area (Å²) in [6.07, 6.45) is 1.33. The second-order valence-corrected chi connectivity index (χ2v) is 6.12. The van der Waals surface area contributed by atoms with Gasteiger partial charge in [-0.1, -0.05) is 67.6 Å². The van der Waals surface area contributed by atoms with Crippen LogP contribution in [-0.2, 0) is 4.52 Å². The number of hydrogen-bond donors (Lipinski definition) is 0. The maximum atomic E-state index is 6.24. The normalized spacial score (nSPS) is 12.6. The van der Waals surface area contributed by atoms with E-state index in [0.717, 1.165) is 6.42 Å². The number of benzene rings is 2. The molecule has 2 rings (SSSR count). The van der Waals surface area contributed by atoms with Crippen molar-refractivity contribution in [3.63, 3.8) is 0 Å². The highest BCUT2D eigenvalue weighted by Crippen LogP contribution is 2.36. The zero-order valence-corrected chi connectivity index (χ0v) is 11.8. The minimum Gasteiger partial charge on any atom is -0.347 e. The van der Waals surface area contributed by atoms with Crippen LogP contribution in [0.2, 0.25) is 0 Å². The zero-order valence-electron chi connectivity index (χ0n) is 10.9. The first-order valence-electron chi connectivity index (χ1n) is 6.38. The van der Waals surface area contributed by atoms with E-state index in [2.05, 4.69) is 62.4 Å². The Hall–Kier alpha value is -1.17. The lowest BCUT2D eigenvalue weighted by molar-refractivity contribution is 0.249. The predicted octanol–water partition coefficient (Wildman–Crippen LogP) is 3.85. The second kappa shape index (κ2) is 6.68. The Bertz CT molecular complexity index is 416. The van der Waals surface area contributed by atoms with Gasteiger partial charge < -0.3 is 4.52 Å². The van der Waals surface area contributed by atoms with Gasteiger partial charge in [0.05, 0.1) is 14.3 Å². The molecule has 0 aliphatic heterocycles. The van der Waals surface area contributed by atoms with Gasteiger partial charge in [-0.3, -0.25) is 0 Å². The highest BCUT2D eigenvalue weighted by atomic mass is 31.1. The molecule has 0 amide bonds. The summed E-state index contributed by atoms with van der Waals surface area (Å²) in [5, 5.41) is 2.55. The lowest BCUT2D eigenvalue weighted by Crippen LogP contribution is -2.17. The Balaban J connectivity index is 2.29. The third-order valence-corrected chi connectivity index (χ3v) is 4.95. The van der Waals surface area contributed by atoms with Crippen LogP contribution in [0.4, 0.5) is 0 Å². The predicted molar refractivity (Wildman–Crippen MR) is 79.9 cm³/mol. The summed E-state index contributed by atoms with van der Waals surface area (Å²) in [7, 11) is -0.696. The molecule has 1 nitrogen and oxygen atoms in total. The zero-order chi connectivity index (χ0) is 12.8. The number of rotatable bonds is 5. The third kappa shape index (κ3) is 3.41. The maximum absolute atomic E-state index is 6.24. The Labute approximate surface area is 111 Å². The van der Waals surface area contributed by atoms with Crippen LogP contribution in [0.3, 0.4) is 0 Å². The van der Waals surface area contributed by atoms with Crippen LogP contribution in [0.5, 0.6) is 0 Å². The maximum Gasteiger partial charge on any atom is 0.0921 e. The summed E-state index contributed by atoms with van der Waals surface area (Å²) in [5.74, 6) is 0. The Kier molecular flexibility index (Phi) is 4.92. The van der Waals surface area contributed by atoms with Gasteiger partial charge in [-0.05, 0) is 13.3 Å². The van der Waals surface area contributed by atoms with Gasteiger partial charge in [0.15, 0.2) is 0 Å². The van der Waals surface area contributed by atoms with Gasteiger partial charge in [0.1, 0.15) is 0 Å². The Morgan fingerprint density at radius 2 is 1.33 bits per heavy atom. The van der Waals surface area contributed by atoms with Crippen LogP contribution in [-0.4, -0.2) is 6.10 Å². The second-order valence-electron chi connectivity index (χ2n) is 4.29. The van der Waals surface area contributed by atoms with Gasteiger partial charge in [-0.15, -0.1) is 0 Å². The van der Waals surface area contributed by atoms with Crippen LogP contribution >= 0.6 is 8.15 Å². The molecule has 2 heteroatoms. The van der Waals surface area contributed by atoms with Crippen molar-refractivity contribution in [1.29, 1.82) is 0 Å². The Morgan fingerprint density at radius 1 is 0.889 bits per heavy atom. The fourth-order valence-corrected chi connectivity index (χ4v) is 3.59. The van der Waals surface area contributed by atoms with E-state index in [9.17, 15) is 0 Å². The summed E-state index contributed by atoms with van der Waals surface area (Å²) in [4.78, 5) is 0. The van der Waals surface area contributed by atoms with E-state index in [1.807, 2.05) is 12.1 Å². The molecule has 0 heterocycles. The monoisotopic (exact) mass is 258 g/mol. The first kappa shape index (κ1) is 13.3. The fraction of sp³-hybridized carbons (Fsp3) is 0.250. The van der Waals surface area contributed by atoms with Crippen LogP contribution in [0.25, 0.3) is 0 Å². The quantitative estimate of drug-likeness (QED) is 0.740. The van der Waals surface area contributed by atoms with Crippen molar-refractivity contribution >= 4 is 18.8 Å². The van der Waals surface area contributed by atoms with Gasteiger partial charge in [0, 0.05) is 10.6 Å². The molecule has 0 saturated carbocycles. The summed E-state index contributed by atoms with van der Waals surface area (Å²) in [6, 6.07) is 21.0. The molecule has 0 aromatic heterocycles. The topological polar surface area (TPSA) is 9.23 Å². The number of hydrogen-bond acceptors (Lipinski definition) is 1. The SMILES string of the molecule is CCC(C)OP(c1ccccc1)c1ccccc1. The lowest BCUT2D eigenvalue weighted by atomic mass is 10.3. The molecule has 0 radical (unpaired) electrons. The van der Waals surface area contributed by atoms with E-state index in [0.29, 0.717) is 0 Å². The molecular weight excluding hydrogens is 239 g/mol. The van der Waals surface area contributed by atoms with Gasteiger partial charge in [0.2, 0.25) is 0 Å².